The Balaban J connectivity index is 1.70. The number of hydrogen-bond donors (Lipinski definition) is 3. The molecule has 0 radical (unpaired) electrons. The van der Waals surface area contributed by atoms with Gasteiger partial charge in [0.05, 0.1) is 6.10 Å². The predicted molar refractivity (Wildman–Crippen MR) is 74.2 cm³/mol. The molecule has 0 spiro atoms. The second-order valence-corrected chi connectivity index (χ2v) is 5.26. The van der Waals surface area contributed by atoms with Crippen molar-refractivity contribution in [3.63, 3.8) is 0 Å². The minimum atomic E-state index is -0.733. The average molecular weight is 283 g/mol. The first-order chi connectivity index (χ1) is 9.66. The quantitative estimate of drug-likeness (QED) is 0.739. The maximum atomic E-state index is 13.3. The van der Waals surface area contributed by atoms with Crippen molar-refractivity contribution in [2.75, 3.05) is 13.2 Å². The summed E-state index contributed by atoms with van der Waals surface area (Å²) in [6.07, 6.45) is 2.79. The van der Waals surface area contributed by atoms with Crippen molar-refractivity contribution >= 4 is 0 Å². The van der Waals surface area contributed by atoms with Gasteiger partial charge in [-0.05, 0) is 25.0 Å². The lowest BCUT2D eigenvalue weighted by molar-refractivity contribution is 0.0666. The van der Waals surface area contributed by atoms with Crippen LogP contribution in [0, 0.1) is 5.82 Å². The lowest BCUT2D eigenvalue weighted by Crippen LogP contribution is -2.45. The van der Waals surface area contributed by atoms with E-state index < -0.39 is 11.9 Å². The second kappa shape index (κ2) is 7.57. The van der Waals surface area contributed by atoms with Crippen LogP contribution in [0.1, 0.15) is 25.7 Å². The molecule has 1 aromatic rings. The first kappa shape index (κ1) is 15.2. The van der Waals surface area contributed by atoms with Crippen molar-refractivity contribution in [3.05, 3.63) is 30.1 Å². The highest BCUT2D eigenvalue weighted by Gasteiger charge is 2.23. The topological polar surface area (TPSA) is 61.7 Å². The highest BCUT2D eigenvalue weighted by atomic mass is 19.1. The Morgan fingerprint density at radius 1 is 1.30 bits per heavy atom. The van der Waals surface area contributed by atoms with Gasteiger partial charge in [0.2, 0.25) is 0 Å². The molecule has 3 N–H and O–H groups in total. The second-order valence-electron chi connectivity index (χ2n) is 5.26. The lowest BCUT2D eigenvalue weighted by Gasteiger charge is -2.29. The summed E-state index contributed by atoms with van der Waals surface area (Å²) in [7, 11) is 0. The van der Waals surface area contributed by atoms with Crippen molar-refractivity contribution in [2.45, 2.75) is 43.9 Å². The van der Waals surface area contributed by atoms with Crippen molar-refractivity contribution in [1.29, 1.82) is 0 Å². The third kappa shape index (κ3) is 4.44. The minimum Gasteiger partial charge on any atom is -0.488 e. The number of para-hydroxylation sites is 1. The van der Waals surface area contributed by atoms with Crippen molar-refractivity contribution < 1.29 is 19.3 Å². The summed E-state index contributed by atoms with van der Waals surface area (Å²) >= 11 is 0. The maximum Gasteiger partial charge on any atom is 0.165 e. The van der Waals surface area contributed by atoms with Crippen LogP contribution < -0.4 is 10.1 Å². The van der Waals surface area contributed by atoms with Crippen LogP contribution in [0.5, 0.6) is 5.75 Å². The lowest BCUT2D eigenvalue weighted by atomic mass is 9.92. The van der Waals surface area contributed by atoms with Gasteiger partial charge in [-0.3, -0.25) is 0 Å². The molecule has 0 aliphatic heterocycles. The van der Waals surface area contributed by atoms with E-state index in [0.29, 0.717) is 6.54 Å². The Labute approximate surface area is 118 Å². The van der Waals surface area contributed by atoms with Gasteiger partial charge in [0.25, 0.3) is 0 Å². The molecular weight excluding hydrogens is 261 g/mol. The predicted octanol–water partition coefficient (Wildman–Crippen LogP) is 1.46. The molecule has 0 aromatic heterocycles. The zero-order valence-electron chi connectivity index (χ0n) is 11.5. The number of aliphatic hydroxyl groups excluding tert-OH is 2. The van der Waals surface area contributed by atoms with Crippen molar-refractivity contribution in [1.82, 2.24) is 5.32 Å². The monoisotopic (exact) mass is 283 g/mol. The maximum absolute atomic E-state index is 13.3. The van der Waals surface area contributed by atoms with Gasteiger partial charge in [0, 0.05) is 12.6 Å². The first-order valence-electron chi connectivity index (χ1n) is 7.13. The van der Waals surface area contributed by atoms with Gasteiger partial charge >= 0.3 is 0 Å². The third-order valence-electron chi connectivity index (χ3n) is 3.61. The molecule has 0 heterocycles. The summed E-state index contributed by atoms with van der Waals surface area (Å²) in [4.78, 5) is 0. The smallest absolute Gasteiger partial charge is 0.165 e. The number of aliphatic hydroxyl groups is 2. The van der Waals surface area contributed by atoms with Crippen LogP contribution in [0.3, 0.4) is 0 Å². The normalized spacial score (nSPS) is 24.4. The summed E-state index contributed by atoms with van der Waals surface area (Å²) in [5.74, 6) is -0.292. The Hall–Kier alpha value is -1.17. The molecule has 20 heavy (non-hydrogen) atoms. The summed E-state index contributed by atoms with van der Waals surface area (Å²) in [6, 6.07) is 6.15. The van der Waals surface area contributed by atoms with E-state index in [9.17, 15) is 14.6 Å². The zero-order chi connectivity index (χ0) is 14.4. The number of rotatable bonds is 6. The Kier molecular flexibility index (Phi) is 5.76. The van der Waals surface area contributed by atoms with Crippen LogP contribution in [0.15, 0.2) is 24.3 Å². The Morgan fingerprint density at radius 3 is 2.80 bits per heavy atom. The fraction of sp³-hybridized carbons (Fsp3) is 0.600. The minimum absolute atomic E-state index is 0.0246. The largest absolute Gasteiger partial charge is 0.488 e. The van der Waals surface area contributed by atoms with Gasteiger partial charge in [0.15, 0.2) is 11.6 Å². The molecule has 0 bridgehead atoms. The number of benzene rings is 1. The molecule has 1 aromatic carbocycles. The molecule has 5 heteroatoms. The Bertz CT molecular complexity index is 416. The summed E-state index contributed by atoms with van der Waals surface area (Å²) in [6.45, 7) is 0.354. The van der Waals surface area contributed by atoms with E-state index in [-0.39, 0.29) is 24.5 Å². The highest BCUT2D eigenvalue weighted by molar-refractivity contribution is 5.23. The van der Waals surface area contributed by atoms with Gasteiger partial charge < -0.3 is 20.3 Å². The molecule has 1 aliphatic carbocycles. The molecule has 0 saturated heterocycles. The number of nitrogens with one attached hydrogen (secondary N) is 1. The molecule has 4 nitrogen and oxygen atoms in total. The molecule has 3 unspecified atom stereocenters. The van der Waals surface area contributed by atoms with Crippen LogP contribution in [0.4, 0.5) is 4.39 Å². The van der Waals surface area contributed by atoms with Crippen LogP contribution in [0.25, 0.3) is 0 Å². The number of halogens is 1. The van der Waals surface area contributed by atoms with E-state index in [1.54, 1.807) is 12.1 Å². The van der Waals surface area contributed by atoms with Crippen molar-refractivity contribution in [3.8, 4) is 5.75 Å². The van der Waals surface area contributed by atoms with E-state index in [0.717, 1.165) is 25.7 Å². The summed E-state index contributed by atoms with van der Waals surface area (Å²) in [5, 5.41) is 22.8. The van der Waals surface area contributed by atoms with E-state index in [1.807, 2.05) is 0 Å². The van der Waals surface area contributed by atoms with E-state index in [2.05, 4.69) is 5.32 Å². The zero-order valence-corrected chi connectivity index (χ0v) is 11.5. The summed E-state index contributed by atoms with van der Waals surface area (Å²) in [5.41, 5.74) is 0. The van der Waals surface area contributed by atoms with Crippen LogP contribution >= 0.6 is 0 Å². The van der Waals surface area contributed by atoms with Gasteiger partial charge in [-0.1, -0.05) is 25.0 Å². The molecule has 1 saturated carbocycles. The van der Waals surface area contributed by atoms with Crippen LogP contribution in [-0.2, 0) is 0 Å². The molecule has 0 amide bonds. The van der Waals surface area contributed by atoms with Gasteiger partial charge in [-0.15, -0.1) is 0 Å². The van der Waals surface area contributed by atoms with Gasteiger partial charge in [0.1, 0.15) is 12.7 Å². The van der Waals surface area contributed by atoms with Crippen LogP contribution in [-0.4, -0.2) is 41.6 Å². The molecule has 112 valence electrons. The SMILES string of the molecule is OC(CNC1CCCCC1O)COc1ccccc1F. The van der Waals surface area contributed by atoms with Gasteiger partial charge in [-0.2, -0.15) is 0 Å². The van der Waals surface area contributed by atoms with Crippen molar-refractivity contribution in [2.24, 2.45) is 0 Å². The van der Waals surface area contributed by atoms with E-state index in [4.69, 9.17) is 4.74 Å². The highest BCUT2D eigenvalue weighted by Crippen LogP contribution is 2.18. The first-order valence-corrected chi connectivity index (χ1v) is 7.13. The van der Waals surface area contributed by atoms with E-state index >= 15 is 0 Å². The number of ether oxygens (including phenoxy) is 1. The molecule has 1 fully saturated rings. The molecular formula is C15H22FNO3. The standard InChI is InChI=1S/C15H22FNO3/c16-12-5-1-4-8-15(12)20-10-11(18)9-17-13-6-2-3-7-14(13)19/h1,4-5,8,11,13-14,17-19H,2-3,6-7,9-10H2. The van der Waals surface area contributed by atoms with E-state index in [1.165, 1.54) is 12.1 Å². The van der Waals surface area contributed by atoms with Gasteiger partial charge in [-0.25, -0.2) is 4.39 Å². The fourth-order valence-electron chi connectivity index (χ4n) is 2.44. The molecule has 2 rings (SSSR count). The fourth-order valence-corrected chi connectivity index (χ4v) is 2.44. The summed E-state index contributed by atoms with van der Waals surface area (Å²) < 4.78 is 18.6. The molecule has 3 atom stereocenters. The Morgan fingerprint density at radius 2 is 2.05 bits per heavy atom. The molecule has 1 aliphatic rings. The average Bonchev–Trinajstić information content (AvgIpc) is 2.45. The third-order valence-corrected chi connectivity index (χ3v) is 3.61. The number of hydrogen-bond acceptors (Lipinski definition) is 4. The van der Waals surface area contributed by atoms with Crippen LogP contribution in [0.2, 0.25) is 0 Å².